The maximum Gasteiger partial charge on any atom is 0.331 e. The number of ether oxygens (including phenoxy) is 2. The number of esters is 2. The predicted molar refractivity (Wildman–Crippen MR) is 77.4 cm³/mol. The van der Waals surface area contributed by atoms with Crippen molar-refractivity contribution < 1.29 is 19.1 Å². The van der Waals surface area contributed by atoms with Crippen LogP contribution < -0.4 is 10.6 Å². The topological polar surface area (TPSA) is 76.7 Å². The van der Waals surface area contributed by atoms with Crippen molar-refractivity contribution in [1.29, 1.82) is 0 Å². The fourth-order valence-electron chi connectivity index (χ4n) is 1.33. The summed E-state index contributed by atoms with van der Waals surface area (Å²) in [7, 11) is 0. The molecular weight excluding hydrogens is 260 g/mol. The summed E-state index contributed by atoms with van der Waals surface area (Å²) in [5, 5.41) is 6.24. The molecule has 0 spiro atoms. The molecule has 2 N–H and O–H groups in total. The molecule has 0 aliphatic carbocycles. The van der Waals surface area contributed by atoms with Gasteiger partial charge in [-0.25, -0.2) is 9.59 Å². The van der Waals surface area contributed by atoms with E-state index in [1.54, 1.807) is 0 Å². The zero-order valence-electron chi connectivity index (χ0n) is 12.4. The summed E-state index contributed by atoms with van der Waals surface area (Å²) in [6.07, 6.45) is 3.70. The van der Waals surface area contributed by atoms with E-state index in [0.717, 1.165) is 51.2 Å². The van der Waals surface area contributed by atoms with Crippen LogP contribution >= 0.6 is 0 Å². The van der Waals surface area contributed by atoms with Gasteiger partial charge in [0.1, 0.15) is 0 Å². The van der Waals surface area contributed by atoms with Crippen LogP contribution in [0.2, 0.25) is 0 Å². The Kier molecular flexibility index (Phi) is 13.0. The second-order valence-electron chi connectivity index (χ2n) is 4.08. The zero-order chi connectivity index (χ0) is 15.1. The van der Waals surface area contributed by atoms with Crippen LogP contribution in [0.5, 0.6) is 0 Å². The van der Waals surface area contributed by atoms with Crippen molar-refractivity contribution in [3.05, 3.63) is 12.2 Å². The van der Waals surface area contributed by atoms with Gasteiger partial charge in [-0.3, -0.25) is 0 Å². The number of hydrogen-bond donors (Lipinski definition) is 2. The number of carbonyl (C=O) groups is 2. The lowest BCUT2D eigenvalue weighted by Gasteiger charge is -2.03. The van der Waals surface area contributed by atoms with Gasteiger partial charge in [0.2, 0.25) is 0 Å². The van der Waals surface area contributed by atoms with Crippen molar-refractivity contribution in [3.63, 3.8) is 0 Å². The Morgan fingerprint density at radius 1 is 0.850 bits per heavy atom. The molecule has 0 saturated heterocycles. The maximum absolute atomic E-state index is 11.2. The van der Waals surface area contributed by atoms with Crippen LogP contribution in [0, 0.1) is 0 Å². The largest absolute Gasteiger partial charge is 0.462 e. The molecule has 0 aliphatic rings. The summed E-state index contributed by atoms with van der Waals surface area (Å²) in [4.78, 5) is 22.5. The van der Waals surface area contributed by atoms with Gasteiger partial charge in [-0.05, 0) is 39.0 Å². The molecule has 0 fully saturated rings. The smallest absolute Gasteiger partial charge is 0.331 e. The van der Waals surface area contributed by atoms with Gasteiger partial charge < -0.3 is 20.1 Å². The molecule has 0 radical (unpaired) electrons. The first-order valence-electron chi connectivity index (χ1n) is 7.13. The van der Waals surface area contributed by atoms with Crippen LogP contribution in [0.25, 0.3) is 0 Å². The van der Waals surface area contributed by atoms with Gasteiger partial charge in [0.05, 0.1) is 13.2 Å². The number of hydrogen-bond acceptors (Lipinski definition) is 6. The van der Waals surface area contributed by atoms with Gasteiger partial charge >= 0.3 is 11.9 Å². The SMILES string of the molecule is CCNCCCOC(=O)/C=C/C(=O)OCCCNCC. The quantitative estimate of drug-likeness (QED) is 0.311. The van der Waals surface area contributed by atoms with Crippen molar-refractivity contribution in [2.24, 2.45) is 0 Å². The fraction of sp³-hybridized carbons (Fsp3) is 0.714. The fourth-order valence-corrected chi connectivity index (χ4v) is 1.33. The highest BCUT2D eigenvalue weighted by atomic mass is 16.5. The van der Waals surface area contributed by atoms with E-state index >= 15 is 0 Å². The minimum absolute atomic E-state index is 0.341. The normalized spacial score (nSPS) is 10.7. The Morgan fingerprint density at radius 2 is 1.25 bits per heavy atom. The van der Waals surface area contributed by atoms with Gasteiger partial charge in [-0.2, -0.15) is 0 Å². The highest BCUT2D eigenvalue weighted by Crippen LogP contribution is 1.89. The third kappa shape index (κ3) is 13.0. The van der Waals surface area contributed by atoms with Gasteiger partial charge in [-0.15, -0.1) is 0 Å². The molecule has 6 heteroatoms. The summed E-state index contributed by atoms with van der Waals surface area (Å²) in [5.74, 6) is -1.04. The van der Waals surface area contributed by atoms with Crippen molar-refractivity contribution in [3.8, 4) is 0 Å². The lowest BCUT2D eigenvalue weighted by molar-refractivity contribution is -0.140. The minimum atomic E-state index is -0.522. The number of rotatable bonds is 12. The van der Waals surface area contributed by atoms with Gasteiger partial charge in [0, 0.05) is 12.2 Å². The molecule has 0 amide bonds. The van der Waals surface area contributed by atoms with Gasteiger partial charge in [0.15, 0.2) is 0 Å². The van der Waals surface area contributed by atoms with Crippen LogP contribution in [-0.4, -0.2) is 51.3 Å². The van der Waals surface area contributed by atoms with Crippen LogP contribution in [0.1, 0.15) is 26.7 Å². The Bertz CT molecular complexity index is 265. The summed E-state index contributed by atoms with van der Waals surface area (Å²) in [6.45, 7) is 8.11. The third-order valence-electron chi connectivity index (χ3n) is 2.34. The second kappa shape index (κ2) is 14.0. The molecule has 0 atom stereocenters. The van der Waals surface area contributed by atoms with Crippen molar-refractivity contribution in [2.75, 3.05) is 39.4 Å². The lowest BCUT2D eigenvalue weighted by atomic mass is 10.4. The van der Waals surface area contributed by atoms with Crippen molar-refractivity contribution in [1.82, 2.24) is 10.6 Å². The Balaban J connectivity index is 3.54. The third-order valence-corrected chi connectivity index (χ3v) is 2.34. The van der Waals surface area contributed by atoms with E-state index in [4.69, 9.17) is 9.47 Å². The van der Waals surface area contributed by atoms with E-state index in [1.807, 2.05) is 13.8 Å². The van der Waals surface area contributed by atoms with Crippen LogP contribution in [-0.2, 0) is 19.1 Å². The summed E-state index contributed by atoms with van der Waals surface area (Å²) < 4.78 is 9.83. The Morgan fingerprint density at radius 3 is 1.60 bits per heavy atom. The van der Waals surface area contributed by atoms with E-state index in [-0.39, 0.29) is 0 Å². The first-order chi connectivity index (χ1) is 9.70. The molecular formula is C14H26N2O4. The molecule has 0 rings (SSSR count). The molecule has 116 valence electrons. The molecule has 0 aromatic rings. The number of carbonyl (C=O) groups excluding carboxylic acids is 2. The highest BCUT2D eigenvalue weighted by Gasteiger charge is 2.00. The molecule has 0 heterocycles. The van der Waals surface area contributed by atoms with Crippen LogP contribution in [0.4, 0.5) is 0 Å². The zero-order valence-corrected chi connectivity index (χ0v) is 12.4. The minimum Gasteiger partial charge on any atom is -0.462 e. The van der Waals surface area contributed by atoms with E-state index in [1.165, 1.54) is 0 Å². The summed E-state index contributed by atoms with van der Waals surface area (Å²) in [6, 6.07) is 0. The van der Waals surface area contributed by atoms with E-state index in [9.17, 15) is 9.59 Å². The summed E-state index contributed by atoms with van der Waals surface area (Å²) in [5.41, 5.74) is 0. The number of nitrogens with one attached hydrogen (secondary N) is 2. The molecule has 0 unspecified atom stereocenters. The predicted octanol–water partition coefficient (Wildman–Crippen LogP) is 0.628. The first kappa shape index (κ1) is 18.6. The standard InChI is InChI=1S/C14H26N2O4/c1-3-15-9-5-11-19-13(17)7-8-14(18)20-12-6-10-16-4-2/h7-8,15-16H,3-6,9-12H2,1-2H3/b8-7+. The van der Waals surface area contributed by atoms with Crippen LogP contribution in [0.15, 0.2) is 12.2 Å². The average Bonchev–Trinajstić information content (AvgIpc) is 2.44. The monoisotopic (exact) mass is 286 g/mol. The van der Waals surface area contributed by atoms with Crippen LogP contribution in [0.3, 0.4) is 0 Å². The van der Waals surface area contributed by atoms with Gasteiger partial charge in [0.25, 0.3) is 0 Å². The van der Waals surface area contributed by atoms with E-state index in [2.05, 4.69) is 10.6 Å². The van der Waals surface area contributed by atoms with E-state index in [0.29, 0.717) is 13.2 Å². The molecule has 20 heavy (non-hydrogen) atoms. The molecule has 0 aromatic carbocycles. The Hall–Kier alpha value is -1.40. The Labute approximate surface area is 120 Å². The molecule has 6 nitrogen and oxygen atoms in total. The van der Waals surface area contributed by atoms with Crippen molar-refractivity contribution in [2.45, 2.75) is 26.7 Å². The molecule has 0 saturated carbocycles. The van der Waals surface area contributed by atoms with Gasteiger partial charge in [-0.1, -0.05) is 13.8 Å². The molecule has 0 aliphatic heterocycles. The summed E-state index contributed by atoms with van der Waals surface area (Å²) >= 11 is 0. The molecule has 0 aromatic heterocycles. The lowest BCUT2D eigenvalue weighted by Crippen LogP contribution is -2.17. The average molecular weight is 286 g/mol. The first-order valence-corrected chi connectivity index (χ1v) is 7.13. The molecule has 0 bridgehead atoms. The maximum atomic E-state index is 11.2. The highest BCUT2D eigenvalue weighted by molar-refractivity contribution is 5.91. The second-order valence-corrected chi connectivity index (χ2v) is 4.08. The van der Waals surface area contributed by atoms with Crippen molar-refractivity contribution >= 4 is 11.9 Å². The van der Waals surface area contributed by atoms with E-state index < -0.39 is 11.9 Å².